The number of unbranched alkanes of at least 4 members (excludes halogenated alkanes) is 1. The third-order valence-corrected chi connectivity index (χ3v) is 13.2. The maximum absolute atomic E-state index is 15.2. The number of amides is 5. The number of benzene rings is 1. The van der Waals surface area contributed by atoms with Crippen molar-refractivity contribution < 1.29 is 33.2 Å². The number of carbonyl (C=O) groups excluding carboxylic acids is 6. The SMILES string of the molecule is CCCCC(NC(=O)C1[C@H]2CC[C@H](F)[C@H]2CN1C(=O)C(NC(=O)C(NC(=O)c1cnccn1)I(C)C)C(C)C)C(=O)C(=O)NC(C)c1ccccc1. The van der Waals surface area contributed by atoms with Gasteiger partial charge in [0.1, 0.15) is 0 Å². The van der Waals surface area contributed by atoms with Crippen LogP contribution in [0.5, 0.6) is 0 Å². The summed E-state index contributed by atoms with van der Waals surface area (Å²) in [4.78, 5) is 94.8. The fourth-order valence-electron chi connectivity index (χ4n) is 6.91. The van der Waals surface area contributed by atoms with Crippen molar-refractivity contribution in [3.63, 3.8) is 0 Å². The van der Waals surface area contributed by atoms with Gasteiger partial charge in [-0.1, -0.05) is 43.7 Å². The van der Waals surface area contributed by atoms with Gasteiger partial charge in [-0.2, -0.15) is 0 Å². The average molecular weight is 836 g/mol. The van der Waals surface area contributed by atoms with E-state index in [4.69, 9.17) is 0 Å². The van der Waals surface area contributed by atoms with E-state index < -0.39 is 107 Å². The first-order valence-corrected chi connectivity index (χ1v) is 23.3. The third kappa shape index (κ3) is 9.89. The summed E-state index contributed by atoms with van der Waals surface area (Å²) in [5.41, 5.74) is 0.861. The van der Waals surface area contributed by atoms with Crippen LogP contribution in [-0.4, -0.2) is 94.9 Å². The van der Waals surface area contributed by atoms with Gasteiger partial charge in [-0.15, -0.1) is 0 Å². The van der Waals surface area contributed by atoms with Crippen LogP contribution in [0.3, 0.4) is 0 Å². The summed E-state index contributed by atoms with van der Waals surface area (Å²) < 4.78 is 14.3. The van der Waals surface area contributed by atoms with E-state index in [-0.39, 0.29) is 25.1 Å². The van der Waals surface area contributed by atoms with Gasteiger partial charge >= 0.3 is 241 Å². The second-order valence-corrected chi connectivity index (χ2v) is 19.9. The quantitative estimate of drug-likeness (QED) is 0.0863. The molecule has 8 atom stereocenters. The Bertz CT molecular complexity index is 1580. The topological polar surface area (TPSA) is 180 Å². The minimum absolute atomic E-state index is 0.0304. The van der Waals surface area contributed by atoms with Crippen LogP contribution in [0, 0.1) is 17.8 Å². The molecule has 0 bridgehead atoms. The molecule has 13 nitrogen and oxygen atoms in total. The summed E-state index contributed by atoms with van der Waals surface area (Å²) >= 11 is -2.09. The average Bonchev–Trinajstić information content (AvgIpc) is 3.69. The molecule has 1 aliphatic carbocycles. The number of Topliss-reactive ketones (excluding diaryl/α,β-unsaturated/α-hetero) is 1. The van der Waals surface area contributed by atoms with Crippen LogP contribution in [0.4, 0.5) is 4.39 Å². The van der Waals surface area contributed by atoms with Crippen LogP contribution in [0.15, 0.2) is 48.9 Å². The Balaban J connectivity index is 1.53. The predicted molar refractivity (Wildman–Crippen MR) is 202 cm³/mol. The summed E-state index contributed by atoms with van der Waals surface area (Å²) in [6, 6.07) is 5.38. The first-order valence-electron chi connectivity index (χ1n) is 17.7. The van der Waals surface area contributed by atoms with Crippen molar-refractivity contribution in [2.24, 2.45) is 17.8 Å². The van der Waals surface area contributed by atoms with Crippen molar-refractivity contribution in [2.45, 2.75) is 94.2 Å². The van der Waals surface area contributed by atoms with Gasteiger partial charge < -0.3 is 5.32 Å². The molecule has 15 heteroatoms. The number of carbonyl (C=O) groups is 6. The molecule has 1 saturated heterocycles. The molecule has 1 aliphatic heterocycles. The normalized spacial score (nSPS) is 22.0. The van der Waals surface area contributed by atoms with Gasteiger partial charge in [-0.25, -0.2) is 0 Å². The van der Waals surface area contributed by atoms with E-state index >= 15 is 4.39 Å². The van der Waals surface area contributed by atoms with Crippen molar-refractivity contribution >= 4 is 55.1 Å². The number of nitrogens with one attached hydrogen (secondary N) is 4. The standard InChI is InChI=1S/C37H51FIN7O6/c1-7-8-14-27(31(47)35(50)42-22(4)23-12-10-9-11-13-23)43-34(49)30-24-15-16-26(38)25(24)20-46(30)37(52)29(21(2)3)44-36(51)32(39(5)6)45-33(48)28-19-40-17-18-41-28/h9-13,17-19,21-22,24-27,29-30,32H,7-8,14-16,20H2,1-6H3,(H,42,50)(H,43,49)(H,44,51)(H,45,48)/t22?,24-,25-,26-,27?,29?,30?,32?/m0/s1. The molecule has 2 fully saturated rings. The van der Waals surface area contributed by atoms with E-state index in [1.165, 1.54) is 23.5 Å². The van der Waals surface area contributed by atoms with Gasteiger partial charge in [-0.3, -0.25) is 4.79 Å². The summed E-state index contributed by atoms with van der Waals surface area (Å²) in [7, 11) is 0. The minimum atomic E-state index is -2.09. The van der Waals surface area contributed by atoms with Gasteiger partial charge in [0.15, 0.2) is 0 Å². The maximum atomic E-state index is 15.2. The molecule has 4 N–H and O–H groups in total. The molecule has 0 radical (unpaired) electrons. The van der Waals surface area contributed by atoms with E-state index in [0.29, 0.717) is 19.3 Å². The van der Waals surface area contributed by atoms with Crippen molar-refractivity contribution in [3.8, 4) is 0 Å². The van der Waals surface area contributed by atoms with Crippen molar-refractivity contribution in [1.82, 2.24) is 36.1 Å². The van der Waals surface area contributed by atoms with Crippen molar-refractivity contribution in [2.75, 3.05) is 16.4 Å². The predicted octanol–water partition coefficient (Wildman–Crippen LogP) is 3.14. The van der Waals surface area contributed by atoms with E-state index in [0.717, 1.165) is 5.56 Å². The second kappa shape index (κ2) is 18.6. The smallest absolute Gasteiger partial charge is 0.343 e. The fraction of sp³-hybridized carbons (Fsp3) is 0.568. The molecule has 2 heterocycles. The first-order chi connectivity index (χ1) is 24.7. The molecule has 5 amide bonds. The van der Waals surface area contributed by atoms with Crippen LogP contribution < -0.4 is 21.3 Å². The molecule has 1 saturated carbocycles. The Kier molecular flexibility index (Phi) is 14.6. The van der Waals surface area contributed by atoms with Crippen LogP contribution in [0.25, 0.3) is 0 Å². The van der Waals surface area contributed by atoms with Gasteiger partial charge in [0, 0.05) is 0 Å². The molecule has 4 rings (SSSR count). The van der Waals surface area contributed by atoms with E-state index in [1.54, 1.807) is 20.8 Å². The molecular formula is C37H51FIN7O6. The summed E-state index contributed by atoms with van der Waals surface area (Å²) in [6.45, 7) is 7.16. The summed E-state index contributed by atoms with van der Waals surface area (Å²) in [6.07, 6.45) is 4.95. The molecule has 2 aliphatic rings. The van der Waals surface area contributed by atoms with E-state index in [1.807, 2.05) is 47.1 Å². The number of nitrogens with zero attached hydrogens (tertiary/aromatic N) is 3. The molecule has 0 spiro atoms. The Morgan fingerprint density at radius 3 is 2.27 bits per heavy atom. The Morgan fingerprint density at radius 2 is 1.65 bits per heavy atom. The molecule has 1 aromatic heterocycles. The zero-order valence-electron chi connectivity index (χ0n) is 30.6. The monoisotopic (exact) mass is 835 g/mol. The third-order valence-electron chi connectivity index (χ3n) is 9.79. The fourth-order valence-corrected chi connectivity index (χ4v) is 9.12. The number of rotatable bonds is 16. The molecular weight excluding hydrogens is 784 g/mol. The minimum Gasteiger partial charge on any atom is -0.343 e. The zero-order chi connectivity index (χ0) is 38.1. The van der Waals surface area contributed by atoms with Crippen LogP contribution in [-0.2, 0) is 24.0 Å². The summed E-state index contributed by atoms with van der Waals surface area (Å²) in [5, 5.41) is 11.1. The van der Waals surface area contributed by atoms with Crippen LogP contribution in [0.1, 0.15) is 81.9 Å². The molecule has 5 unspecified atom stereocenters. The van der Waals surface area contributed by atoms with E-state index in [9.17, 15) is 28.8 Å². The number of alkyl halides is 4. The number of hydrogen-bond donors (Lipinski definition) is 4. The number of ketones is 1. The van der Waals surface area contributed by atoms with Gasteiger partial charge in [0.25, 0.3) is 0 Å². The molecule has 2 aromatic rings. The van der Waals surface area contributed by atoms with Crippen LogP contribution in [0.2, 0.25) is 0 Å². The number of hydrogen-bond acceptors (Lipinski definition) is 8. The Labute approximate surface area is 311 Å². The number of likely N-dealkylation sites (tertiary alicyclic amines) is 1. The molecule has 284 valence electrons. The first kappa shape index (κ1) is 40.7. The second-order valence-electron chi connectivity index (χ2n) is 14.0. The Hall–Kier alpha value is -4.02. The van der Waals surface area contributed by atoms with Crippen molar-refractivity contribution in [1.29, 1.82) is 0 Å². The molecule has 1 aromatic carbocycles. The van der Waals surface area contributed by atoms with Gasteiger partial charge in [0.2, 0.25) is 0 Å². The van der Waals surface area contributed by atoms with E-state index in [2.05, 4.69) is 31.2 Å². The Morgan fingerprint density at radius 1 is 0.942 bits per heavy atom. The number of halogens is 2. The number of fused-ring (bicyclic) bond motifs is 1. The summed E-state index contributed by atoms with van der Waals surface area (Å²) in [5.74, 6) is -5.45. The van der Waals surface area contributed by atoms with Gasteiger partial charge in [0.05, 0.1) is 6.04 Å². The van der Waals surface area contributed by atoms with Crippen LogP contribution >= 0.6 is 19.8 Å². The van der Waals surface area contributed by atoms with Gasteiger partial charge in [-0.05, 0) is 12.5 Å². The zero-order valence-corrected chi connectivity index (χ0v) is 32.8. The number of aromatic nitrogens is 2. The van der Waals surface area contributed by atoms with Crippen molar-refractivity contribution in [3.05, 3.63) is 60.2 Å². The molecule has 52 heavy (non-hydrogen) atoms.